The first-order valence-corrected chi connectivity index (χ1v) is 9.20. The number of halogens is 2. The number of Topliss-reactive ketones (excluding diaryl/α,β-unsaturated/α-hetero) is 1. The molecule has 6 heteroatoms. The fourth-order valence-corrected chi connectivity index (χ4v) is 2.77. The average molecular weight is 415 g/mol. The van der Waals surface area contributed by atoms with E-state index < -0.39 is 5.97 Å². The Morgan fingerprint density at radius 2 is 1.57 bits per heavy atom. The number of carbonyl (C=O) groups is 2. The van der Waals surface area contributed by atoms with E-state index >= 15 is 0 Å². The first kappa shape index (κ1) is 19.9. The second kappa shape index (κ2) is 9.40. The van der Waals surface area contributed by atoms with E-state index in [1.807, 2.05) is 12.1 Å². The van der Waals surface area contributed by atoms with Crippen molar-refractivity contribution in [1.82, 2.24) is 0 Å². The molecule has 0 aliphatic rings. The maximum atomic E-state index is 12.4. The monoisotopic (exact) mass is 414 g/mol. The molecule has 142 valence electrons. The van der Waals surface area contributed by atoms with Gasteiger partial charge in [-0.15, -0.1) is 0 Å². The van der Waals surface area contributed by atoms with Crippen molar-refractivity contribution < 1.29 is 19.1 Å². The molecule has 0 unspecified atom stereocenters. The fraction of sp³-hybridized carbons (Fsp3) is 0.0909. The zero-order valence-electron chi connectivity index (χ0n) is 14.7. The summed E-state index contributed by atoms with van der Waals surface area (Å²) in [7, 11) is 0. The van der Waals surface area contributed by atoms with Gasteiger partial charge in [0.25, 0.3) is 0 Å². The molecule has 0 atom stereocenters. The minimum Gasteiger partial charge on any atom is -0.488 e. The quantitative estimate of drug-likeness (QED) is 0.372. The van der Waals surface area contributed by atoms with Gasteiger partial charge in [0.15, 0.2) is 12.4 Å². The van der Waals surface area contributed by atoms with Crippen molar-refractivity contribution in [2.24, 2.45) is 0 Å². The van der Waals surface area contributed by atoms with Crippen LogP contribution < -0.4 is 4.74 Å². The molecule has 0 N–H and O–H groups in total. The van der Waals surface area contributed by atoms with Gasteiger partial charge in [-0.1, -0.05) is 59.6 Å². The Kier molecular flexibility index (Phi) is 6.69. The lowest BCUT2D eigenvalue weighted by atomic mass is 10.1. The molecule has 0 spiro atoms. The van der Waals surface area contributed by atoms with Crippen molar-refractivity contribution in [3.8, 4) is 5.75 Å². The highest BCUT2D eigenvalue weighted by Crippen LogP contribution is 2.21. The van der Waals surface area contributed by atoms with Crippen LogP contribution in [0.25, 0.3) is 0 Å². The first-order valence-electron chi connectivity index (χ1n) is 8.45. The molecule has 0 fully saturated rings. The molecule has 4 nitrogen and oxygen atoms in total. The number of carbonyl (C=O) groups excluding carboxylic acids is 2. The van der Waals surface area contributed by atoms with Gasteiger partial charge >= 0.3 is 5.97 Å². The molecular formula is C22H16Cl2O4. The number of hydrogen-bond acceptors (Lipinski definition) is 4. The van der Waals surface area contributed by atoms with E-state index in [1.54, 1.807) is 54.6 Å². The highest BCUT2D eigenvalue weighted by atomic mass is 35.5. The van der Waals surface area contributed by atoms with Gasteiger partial charge in [0, 0.05) is 15.6 Å². The number of ketones is 1. The van der Waals surface area contributed by atoms with Crippen LogP contribution >= 0.6 is 23.2 Å². The van der Waals surface area contributed by atoms with Crippen molar-refractivity contribution >= 4 is 35.0 Å². The van der Waals surface area contributed by atoms with Crippen molar-refractivity contribution in [2.75, 3.05) is 6.61 Å². The highest BCUT2D eigenvalue weighted by Gasteiger charge is 2.16. The molecule has 0 saturated heterocycles. The summed E-state index contributed by atoms with van der Waals surface area (Å²) < 4.78 is 10.9. The first-order chi connectivity index (χ1) is 13.5. The molecule has 0 bridgehead atoms. The summed E-state index contributed by atoms with van der Waals surface area (Å²) in [5, 5.41) is 1.08. The molecule has 3 rings (SSSR count). The maximum absolute atomic E-state index is 12.4. The third-order valence-corrected chi connectivity index (χ3v) is 4.38. The number of esters is 1. The van der Waals surface area contributed by atoms with Gasteiger partial charge in [-0.3, -0.25) is 4.79 Å². The summed E-state index contributed by atoms with van der Waals surface area (Å²) in [6.07, 6.45) is 0. The molecule has 0 heterocycles. The Morgan fingerprint density at radius 1 is 0.821 bits per heavy atom. The summed E-state index contributed by atoms with van der Waals surface area (Å²) in [6, 6.07) is 20.4. The van der Waals surface area contributed by atoms with Crippen molar-refractivity contribution in [3.63, 3.8) is 0 Å². The second-order valence-corrected chi connectivity index (χ2v) is 6.79. The molecule has 0 amide bonds. The number of benzene rings is 3. The van der Waals surface area contributed by atoms with Crippen LogP contribution in [-0.2, 0) is 11.3 Å². The Balaban J connectivity index is 1.63. The zero-order valence-corrected chi connectivity index (χ0v) is 16.2. The van der Waals surface area contributed by atoms with E-state index in [1.165, 1.54) is 6.07 Å². The van der Waals surface area contributed by atoms with E-state index in [2.05, 4.69) is 0 Å². The molecule has 3 aromatic carbocycles. The van der Waals surface area contributed by atoms with Crippen LogP contribution in [0, 0.1) is 0 Å². The fourth-order valence-electron chi connectivity index (χ4n) is 2.46. The van der Waals surface area contributed by atoms with Crippen LogP contribution in [0.1, 0.15) is 26.3 Å². The normalized spacial score (nSPS) is 10.4. The van der Waals surface area contributed by atoms with Gasteiger partial charge in [0.05, 0.1) is 0 Å². The molecule has 0 aromatic heterocycles. The Morgan fingerprint density at radius 3 is 2.32 bits per heavy atom. The van der Waals surface area contributed by atoms with Crippen molar-refractivity contribution in [3.05, 3.63) is 99.5 Å². The number of rotatable bonds is 7. The second-order valence-electron chi connectivity index (χ2n) is 5.92. The van der Waals surface area contributed by atoms with Gasteiger partial charge in [-0.05, 0) is 42.0 Å². The van der Waals surface area contributed by atoms with E-state index in [0.717, 1.165) is 5.56 Å². The average Bonchev–Trinajstić information content (AvgIpc) is 2.71. The van der Waals surface area contributed by atoms with Crippen LogP contribution in [0.3, 0.4) is 0 Å². The van der Waals surface area contributed by atoms with E-state index in [0.29, 0.717) is 21.4 Å². The van der Waals surface area contributed by atoms with Gasteiger partial charge in [-0.25, -0.2) is 4.79 Å². The smallest absolute Gasteiger partial charge is 0.342 e. The molecule has 0 aliphatic heterocycles. The topological polar surface area (TPSA) is 52.6 Å². The summed E-state index contributed by atoms with van der Waals surface area (Å²) in [4.78, 5) is 24.6. The van der Waals surface area contributed by atoms with E-state index in [-0.39, 0.29) is 24.6 Å². The van der Waals surface area contributed by atoms with Gasteiger partial charge in [0.2, 0.25) is 0 Å². The van der Waals surface area contributed by atoms with Crippen LogP contribution in [0.5, 0.6) is 5.75 Å². The Bertz CT molecular complexity index is 984. The van der Waals surface area contributed by atoms with Crippen molar-refractivity contribution in [2.45, 2.75) is 6.61 Å². The molecule has 0 aliphatic carbocycles. The zero-order chi connectivity index (χ0) is 19.9. The maximum Gasteiger partial charge on any atom is 0.342 e. The number of hydrogen-bond donors (Lipinski definition) is 0. The predicted molar refractivity (Wildman–Crippen MR) is 108 cm³/mol. The summed E-state index contributed by atoms with van der Waals surface area (Å²) in [6.45, 7) is -0.117. The Hall–Kier alpha value is -2.82. The molecule has 0 radical (unpaired) electrons. The Labute approximate surface area is 172 Å². The largest absolute Gasteiger partial charge is 0.488 e. The molecule has 0 saturated carbocycles. The third-order valence-electron chi connectivity index (χ3n) is 3.90. The van der Waals surface area contributed by atoms with E-state index in [9.17, 15) is 9.59 Å². The number of para-hydroxylation sites is 1. The van der Waals surface area contributed by atoms with Gasteiger partial charge in [0.1, 0.15) is 17.9 Å². The van der Waals surface area contributed by atoms with Crippen molar-refractivity contribution in [1.29, 1.82) is 0 Å². The van der Waals surface area contributed by atoms with Crippen LogP contribution in [0.4, 0.5) is 0 Å². The van der Waals surface area contributed by atoms with Gasteiger partial charge < -0.3 is 9.47 Å². The minimum absolute atomic E-state index is 0.246. The van der Waals surface area contributed by atoms with Crippen LogP contribution in [0.2, 0.25) is 10.0 Å². The summed E-state index contributed by atoms with van der Waals surface area (Å²) in [5.74, 6) is -0.602. The lowest BCUT2D eigenvalue weighted by molar-refractivity contribution is 0.0470. The standard InChI is InChI=1S/C22H16Cl2O4/c23-17-10-8-15(9-11-17)13-27-21-7-2-1-6-19(21)22(26)28-14-20(25)16-4-3-5-18(24)12-16/h1-12H,13-14H2. The lowest BCUT2D eigenvalue weighted by Gasteiger charge is -2.11. The predicted octanol–water partition coefficient (Wildman–Crippen LogP) is 5.61. The lowest BCUT2D eigenvalue weighted by Crippen LogP contribution is -2.15. The van der Waals surface area contributed by atoms with Crippen LogP contribution in [-0.4, -0.2) is 18.4 Å². The molecular weight excluding hydrogens is 399 g/mol. The number of ether oxygens (including phenoxy) is 2. The minimum atomic E-state index is -0.637. The molecule has 3 aromatic rings. The molecule has 28 heavy (non-hydrogen) atoms. The SMILES string of the molecule is O=C(COC(=O)c1ccccc1OCc1ccc(Cl)cc1)c1cccc(Cl)c1. The van der Waals surface area contributed by atoms with Crippen LogP contribution in [0.15, 0.2) is 72.8 Å². The summed E-state index contributed by atoms with van der Waals surface area (Å²) >= 11 is 11.8. The highest BCUT2D eigenvalue weighted by molar-refractivity contribution is 6.31. The summed E-state index contributed by atoms with van der Waals surface area (Å²) in [5.41, 5.74) is 1.53. The van der Waals surface area contributed by atoms with Gasteiger partial charge in [-0.2, -0.15) is 0 Å². The van der Waals surface area contributed by atoms with E-state index in [4.69, 9.17) is 32.7 Å². The third kappa shape index (κ3) is 5.35.